The van der Waals surface area contributed by atoms with Crippen molar-refractivity contribution in [3.63, 3.8) is 0 Å². The molecule has 1 aliphatic heterocycles. The van der Waals surface area contributed by atoms with Crippen LogP contribution < -0.4 is 11.1 Å². The summed E-state index contributed by atoms with van der Waals surface area (Å²) in [6, 6.07) is 0.517. The molecule has 0 aromatic rings. The highest BCUT2D eigenvalue weighted by molar-refractivity contribution is 5.06. The quantitative estimate of drug-likeness (QED) is 0.451. The molecule has 0 aromatic heterocycles. The first-order valence-corrected chi connectivity index (χ1v) is 3.30. The van der Waals surface area contributed by atoms with Gasteiger partial charge in [0.1, 0.15) is 0 Å². The van der Waals surface area contributed by atoms with Crippen molar-refractivity contribution in [1.82, 2.24) is 5.32 Å². The number of nitrogens with two attached hydrogens (primary N) is 1. The highest BCUT2D eigenvalue weighted by Gasteiger charge is 2.48. The van der Waals surface area contributed by atoms with Crippen molar-refractivity contribution in [3.8, 4) is 0 Å². The van der Waals surface area contributed by atoms with E-state index in [1.54, 1.807) is 0 Å². The summed E-state index contributed by atoms with van der Waals surface area (Å²) < 4.78 is 0. The van der Waals surface area contributed by atoms with E-state index in [4.69, 9.17) is 5.73 Å². The van der Waals surface area contributed by atoms with Crippen molar-refractivity contribution in [3.05, 3.63) is 0 Å². The molecule has 1 aliphatic carbocycles. The minimum atomic E-state index is 0.517. The van der Waals surface area contributed by atoms with Gasteiger partial charge in [-0.15, -0.1) is 0 Å². The summed E-state index contributed by atoms with van der Waals surface area (Å²) in [7, 11) is 0. The van der Waals surface area contributed by atoms with Crippen LogP contribution >= 0.6 is 0 Å². The average molecular weight is 112 g/mol. The van der Waals surface area contributed by atoms with Crippen molar-refractivity contribution in [2.75, 3.05) is 13.1 Å². The average Bonchev–Trinajstić information content (AvgIpc) is 1.58. The molecule has 2 rings (SSSR count). The Bertz CT molecular complexity index is 102. The molecule has 46 valence electrons. The lowest BCUT2D eigenvalue weighted by Gasteiger charge is -2.54. The van der Waals surface area contributed by atoms with Gasteiger partial charge in [-0.2, -0.15) is 0 Å². The fraction of sp³-hybridized carbons (Fsp3) is 1.00. The van der Waals surface area contributed by atoms with Gasteiger partial charge in [-0.05, 0) is 12.8 Å². The van der Waals surface area contributed by atoms with E-state index >= 15 is 0 Å². The lowest BCUT2D eigenvalue weighted by atomic mass is 9.61. The van der Waals surface area contributed by atoms with Crippen LogP contribution in [0.3, 0.4) is 0 Å². The minimum absolute atomic E-state index is 0.517. The second-order valence-electron chi connectivity index (χ2n) is 3.11. The van der Waals surface area contributed by atoms with Gasteiger partial charge < -0.3 is 11.1 Å². The van der Waals surface area contributed by atoms with Gasteiger partial charge >= 0.3 is 0 Å². The maximum Gasteiger partial charge on any atom is 0.0120 e. The lowest BCUT2D eigenvalue weighted by molar-refractivity contribution is 0.0297. The molecule has 1 saturated carbocycles. The number of hydrogen-bond acceptors (Lipinski definition) is 2. The van der Waals surface area contributed by atoms with Crippen LogP contribution in [0.1, 0.15) is 12.8 Å². The summed E-state index contributed by atoms with van der Waals surface area (Å²) in [4.78, 5) is 0. The fourth-order valence-corrected chi connectivity index (χ4v) is 1.60. The van der Waals surface area contributed by atoms with Gasteiger partial charge in [-0.25, -0.2) is 0 Å². The first-order chi connectivity index (χ1) is 3.83. The lowest BCUT2D eigenvalue weighted by Crippen LogP contribution is -2.67. The second-order valence-corrected chi connectivity index (χ2v) is 3.11. The van der Waals surface area contributed by atoms with E-state index < -0.39 is 0 Å². The van der Waals surface area contributed by atoms with E-state index in [2.05, 4.69) is 5.32 Å². The van der Waals surface area contributed by atoms with Crippen molar-refractivity contribution >= 4 is 0 Å². The summed E-state index contributed by atoms with van der Waals surface area (Å²) in [6.07, 6.45) is 2.61. The van der Waals surface area contributed by atoms with Gasteiger partial charge in [0.05, 0.1) is 0 Å². The molecule has 2 heteroatoms. The molecule has 2 fully saturated rings. The minimum Gasteiger partial charge on any atom is -0.327 e. The van der Waals surface area contributed by atoms with Gasteiger partial charge in [-0.1, -0.05) is 0 Å². The van der Waals surface area contributed by atoms with Crippen LogP contribution in [0.15, 0.2) is 0 Å². The predicted octanol–water partition coefficient (Wildman–Crippen LogP) is -0.303. The van der Waals surface area contributed by atoms with E-state index in [1.165, 1.54) is 25.9 Å². The van der Waals surface area contributed by atoms with E-state index in [0.717, 1.165) is 0 Å². The van der Waals surface area contributed by atoms with Crippen molar-refractivity contribution < 1.29 is 0 Å². The Morgan fingerprint density at radius 2 is 2.25 bits per heavy atom. The zero-order valence-corrected chi connectivity index (χ0v) is 4.98. The SMILES string of the molecule is NC1CCC12CNC2. The highest BCUT2D eigenvalue weighted by Crippen LogP contribution is 2.42. The molecular weight excluding hydrogens is 100 g/mol. The van der Waals surface area contributed by atoms with Crippen LogP contribution in [0, 0.1) is 5.41 Å². The Labute approximate surface area is 49.4 Å². The number of hydrogen-bond donors (Lipinski definition) is 2. The summed E-state index contributed by atoms with van der Waals surface area (Å²) in [5, 5.41) is 3.25. The van der Waals surface area contributed by atoms with Crippen LogP contribution in [-0.4, -0.2) is 19.1 Å². The van der Waals surface area contributed by atoms with Gasteiger partial charge in [0.2, 0.25) is 0 Å². The van der Waals surface area contributed by atoms with Crippen LogP contribution in [0.25, 0.3) is 0 Å². The van der Waals surface area contributed by atoms with Gasteiger partial charge in [0, 0.05) is 24.5 Å². The fourth-order valence-electron chi connectivity index (χ4n) is 1.60. The van der Waals surface area contributed by atoms with Crippen LogP contribution in [0.2, 0.25) is 0 Å². The van der Waals surface area contributed by atoms with E-state index in [-0.39, 0.29) is 0 Å². The summed E-state index contributed by atoms with van der Waals surface area (Å²) >= 11 is 0. The van der Waals surface area contributed by atoms with Crippen molar-refractivity contribution in [2.24, 2.45) is 11.1 Å². The molecule has 2 nitrogen and oxygen atoms in total. The maximum absolute atomic E-state index is 5.78. The largest absolute Gasteiger partial charge is 0.327 e. The Morgan fingerprint density at radius 1 is 1.50 bits per heavy atom. The zero-order valence-electron chi connectivity index (χ0n) is 4.98. The van der Waals surface area contributed by atoms with Crippen molar-refractivity contribution in [1.29, 1.82) is 0 Å². The molecule has 8 heavy (non-hydrogen) atoms. The van der Waals surface area contributed by atoms with Crippen molar-refractivity contribution in [2.45, 2.75) is 18.9 Å². The van der Waals surface area contributed by atoms with Gasteiger partial charge in [0.25, 0.3) is 0 Å². The van der Waals surface area contributed by atoms with E-state index in [9.17, 15) is 0 Å². The Balaban J connectivity index is 2.03. The molecule has 1 heterocycles. The van der Waals surface area contributed by atoms with Crippen LogP contribution in [0.4, 0.5) is 0 Å². The molecule has 0 radical (unpaired) electrons. The summed E-state index contributed by atoms with van der Waals surface area (Å²) in [6.45, 7) is 2.35. The molecule has 0 bridgehead atoms. The topological polar surface area (TPSA) is 38.0 Å². The predicted molar refractivity (Wildman–Crippen MR) is 32.5 cm³/mol. The van der Waals surface area contributed by atoms with Crippen LogP contribution in [-0.2, 0) is 0 Å². The molecule has 1 unspecified atom stereocenters. The molecule has 1 saturated heterocycles. The molecule has 0 aromatic carbocycles. The zero-order chi connectivity index (χ0) is 5.61. The summed E-state index contributed by atoms with van der Waals surface area (Å²) in [5.41, 5.74) is 6.35. The third-order valence-electron chi connectivity index (χ3n) is 2.69. The highest BCUT2D eigenvalue weighted by atomic mass is 15.0. The molecule has 3 N–H and O–H groups in total. The van der Waals surface area contributed by atoms with Crippen LogP contribution in [0.5, 0.6) is 0 Å². The maximum atomic E-state index is 5.78. The Morgan fingerprint density at radius 3 is 2.25 bits per heavy atom. The normalized spacial score (nSPS) is 40.9. The number of nitrogens with one attached hydrogen (secondary N) is 1. The van der Waals surface area contributed by atoms with E-state index in [1.807, 2.05) is 0 Å². The Hall–Kier alpha value is -0.0800. The first kappa shape index (κ1) is 4.77. The summed E-state index contributed by atoms with van der Waals surface area (Å²) in [5.74, 6) is 0. The van der Waals surface area contributed by atoms with Gasteiger partial charge in [0.15, 0.2) is 0 Å². The molecule has 1 atom stereocenters. The second kappa shape index (κ2) is 1.25. The molecular formula is C6H12N2. The van der Waals surface area contributed by atoms with E-state index in [0.29, 0.717) is 11.5 Å². The Kier molecular flexibility index (Phi) is 0.746. The third kappa shape index (κ3) is 0.361. The standard InChI is InChI=1S/C6H12N2/c7-5-1-2-6(5)3-8-4-6/h5,8H,1-4,7H2. The number of rotatable bonds is 0. The third-order valence-corrected chi connectivity index (χ3v) is 2.69. The molecule has 0 amide bonds. The monoisotopic (exact) mass is 112 g/mol. The smallest absolute Gasteiger partial charge is 0.0120 e. The molecule has 1 spiro atoms. The van der Waals surface area contributed by atoms with Gasteiger partial charge in [-0.3, -0.25) is 0 Å². The molecule has 2 aliphatic rings. The first-order valence-electron chi connectivity index (χ1n) is 3.30.